The van der Waals surface area contributed by atoms with Gasteiger partial charge < -0.3 is 19.1 Å². The number of Topliss-reactive ketones (excluding diaryl/α,β-unsaturated/α-hetero) is 1. The Bertz CT molecular complexity index is 1480. The van der Waals surface area contributed by atoms with Gasteiger partial charge in [-0.25, -0.2) is 4.90 Å². The van der Waals surface area contributed by atoms with E-state index in [0.29, 0.717) is 28.5 Å². The number of imide groups is 1. The molecule has 3 aliphatic rings. The van der Waals surface area contributed by atoms with Gasteiger partial charge in [0, 0.05) is 11.8 Å². The van der Waals surface area contributed by atoms with Crippen molar-refractivity contribution < 1.29 is 28.6 Å². The number of ketones is 1. The number of fused-ring (bicyclic) bond motifs is 5. The number of amides is 2. The van der Waals surface area contributed by atoms with Crippen LogP contribution in [0, 0.1) is 11.8 Å². The number of methoxy groups -OCH3 is 3. The fraction of sp³-hybridized carbons (Fsp3) is 0.233. The molecule has 3 heterocycles. The van der Waals surface area contributed by atoms with Crippen molar-refractivity contribution in [2.45, 2.75) is 12.1 Å². The molecule has 3 aliphatic heterocycles. The SMILES string of the molecule is COc1ccc(N2C(=O)C3C(C2=O)C2c4ccccc4C=CN2C3C(=O)c2ccc(OC)c(OC)c2)cc1. The van der Waals surface area contributed by atoms with Crippen LogP contribution in [0.25, 0.3) is 6.08 Å². The molecule has 2 fully saturated rings. The van der Waals surface area contributed by atoms with E-state index in [1.165, 1.54) is 19.1 Å². The minimum Gasteiger partial charge on any atom is -0.497 e. The average molecular weight is 511 g/mol. The topological polar surface area (TPSA) is 85.4 Å². The van der Waals surface area contributed by atoms with Crippen LogP contribution in [0.3, 0.4) is 0 Å². The van der Waals surface area contributed by atoms with E-state index < -0.39 is 23.9 Å². The minimum absolute atomic E-state index is 0.259. The average Bonchev–Trinajstić information content (AvgIpc) is 3.44. The number of carbonyl (C=O) groups excluding carboxylic acids is 3. The van der Waals surface area contributed by atoms with Crippen LogP contribution in [-0.2, 0) is 9.59 Å². The first-order valence-corrected chi connectivity index (χ1v) is 12.3. The second kappa shape index (κ2) is 9.06. The molecule has 4 unspecified atom stereocenters. The van der Waals surface area contributed by atoms with E-state index in [1.54, 1.807) is 49.6 Å². The molecule has 38 heavy (non-hydrogen) atoms. The summed E-state index contributed by atoms with van der Waals surface area (Å²) in [5, 5.41) is 0. The van der Waals surface area contributed by atoms with E-state index in [-0.39, 0.29) is 17.6 Å². The van der Waals surface area contributed by atoms with Crippen LogP contribution in [-0.4, -0.2) is 49.9 Å². The largest absolute Gasteiger partial charge is 0.497 e. The third kappa shape index (κ3) is 3.40. The van der Waals surface area contributed by atoms with Crippen LogP contribution in [0.5, 0.6) is 17.2 Å². The van der Waals surface area contributed by atoms with Crippen molar-refractivity contribution in [3.63, 3.8) is 0 Å². The minimum atomic E-state index is -0.868. The van der Waals surface area contributed by atoms with Gasteiger partial charge in [-0.1, -0.05) is 24.3 Å². The van der Waals surface area contributed by atoms with Gasteiger partial charge in [0.15, 0.2) is 17.3 Å². The summed E-state index contributed by atoms with van der Waals surface area (Å²) in [5.41, 5.74) is 2.72. The van der Waals surface area contributed by atoms with Gasteiger partial charge in [-0.15, -0.1) is 0 Å². The normalized spacial score (nSPS) is 23.1. The van der Waals surface area contributed by atoms with Crippen molar-refractivity contribution in [3.8, 4) is 17.2 Å². The first kappa shape index (κ1) is 23.8. The molecular formula is C30H26N2O6. The Balaban J connectivity index is 1.47. The highest BCUT2D eigenvalue weighted by Gasteiger charge is 2.64. The molecule has 8 nitrogen and oxygen atoms in total. The lowest BCUT2D eigenvalue weighted by atomic mass is 9.83. The van der Waals surface area contributed by atoms with E-state index >= 15 is 0 Å². The highest BCUT2D eigenvalue weighted by Crippen LogP contribution is 2.53. The number of ether oxygens (including phenoxy) is 3. The first-order valence-electron chi connectivity index (χ1n) is 12.3. The smallest absolute Gasteiger partial charge is 0.240 e. The predicted octanol–water partition coefficient (Wildman–Crippen LogP) is 4.11. The van der Waals surface area contributed by atoms with Crippen LogP contribution in [0.15, 0.2) is 72.9 Å². The third-order valence-electron chi connectivity index (χ3n) is 7.73. The van der Waals surface area contributed by atoms with Crippen molar-refractivity contribution >= 4 is 29.4 Å². The van der Waals surface area contributed by atoms with Crippen LogP contribution in [0.2, 0.25) is 0 Å². The fourth-order valence-corrected chi connectivity index (χ4v) is 6.00. The van der Waals surface area contributed by atoms with Gasteiger partial charge in [-0.05, 0) is 59.7 Å². The number of hydrogen-bond acceptors (Lipinski definition) is 7. The molecule has 2 saturated heterocycles. The second-order valence-electron chi connectivity index (χ2n) is 9.48. The number of benzene rings is 3. The van der Waals surface area contributed by atoms with Crippen LogP contribution in [0.1, 0.15) is 27.5 Å². The summed E-state index contributed by atoms with van der Waals surface area (Å²) >= 11 is 0. The Morgan fingerprint density at radius 3 is 2.21 bits per heavy atom. The molecule has 3 aromatic carbocycles. The van der Waals surface area contributed by atoms with Crippen molar-refractivity contribution in [2.75, 3.05) is 26.2 Å². The third-order valence-corrected chi connectivity index (χ3v) is 7.73. The van der Waals surface area contributed by atoms with Gasteiger partial charge in [-0.2, -0.15) is 0 Å². The summed E-state index contributed by atoms with van der Waals surface area (Å²) in [6.07, 6.45) is 3.77. The molecular weight excluding hydrogens is 484 g/mol. The number of anilines is 1. The molecule has 192 valence electrons. The van der Waals surface area contributed by atoms with Crippen LogP contribution < -0.4 is 19.1 Å². The van der Waals surface area contributed by atoms with Crippen molar-refractivity contribution in [1.29, 1.82) is 0 Å². The Morgan fingerprint density at radius 1 is 0.789 bits per heavy atom. The van der Waals surface area contributed by atoms with E-state index in [2.05, 4.69) is 0 Å². The standard InChI is InChI=1S/C30H26N2O6/c1-36-20-11-9-19(10-12-20)32-29(34)24-25(30(32)35)27(28(33)18-8-13-22(37-2)23(16-18)38-3)31-15-14-17-6-4-5-7-21(17)26(24)31/h4-16,24-27H,1-3H3. The first-order chi connectivity index (χ1) is 18.5. The van der Waals surface area contributed by atoms with Crippen molar-refractivity contribution in [1.82, 2.24) is 4.90 Å². The summed E-state index contributed by atoms with van der Waals surface area (Å²) in [6, 6.07) is 18.2. The van der Waals surface area contributed by atoms with E-state index in [1.807, 2.05) is 41.4 Å². The molecule has 0 radical (unpaired) electrons. The Labute approximate surface area is 220 Å². The van der Waals surface area contributed by atoms with E-state index in [4.69, 9.17) is 14.2 Å². The maximum absolute atomic E-state index is 14.1. The van der Waals surface area contributed by atoms with Gasteiger partial charge in [-0.3, -0.25) is 14.4 Å². The Hall–Kier alpha value is -4.59. The molecule has 0 saturated carbocycles. The van der Waals surface area contributed by atoms with Gasteiger partial charge in [0.1, 0.15) is 11.8 Å². The molecule has 4 atom stereocenters. The molecule has 0 bridgehead atoms. The number of hydrogen-bond donors (Lipinski definition) is 0. The quantitative estimate of drug-likeness (QED) is 0.364. The van der Waals surface area contributed by atoms with Gasteiger partial charge in [0.2, 0.25) is 11.8 Å². The number of carbonyl (C=O) groups is 3. The molecule has 2 amide bonds. The zero-order chi connectivity index (χ0) is 26.6. The molecule has 0 aromatic heterocycles. The molecule has 0 N–H and O–H groups in total. The summed E-state index contributed by atoms with van der Waals surface area (Å²) in [7, 11) is 4.58. The highest BCUT2D eigenvalue weighted by molar-refractivity contribution is 6.24. The lowest BCUT2D eigenvalue weighted by Gasteiger charge is -2.35. The van der Waals surface area contributed by atoms with Gasteiger partial charge in [0.25, 0.3) is 0 Å². The van der Waals surface area contributed by atoms with Gasteiger partial charge in [0.05, 0.1) is 44.9 Å². The second-order valence-corrected chi connectivity index (χ2v) is 9.48. The van der Waals surface area contributed by atoms with E-state index in [0.717, 1.165) is 11.1 Å². The molecule has 0 spiro atoms. The van der Waals surface area contributed by atoms with Gasteiger partial charge >= 0.3 is 0 Å². The van der Waals surface area contributed by atoms with Crippen LogP contribution >= 0.6 is 0 Å². The maximum atomic E-state index is 14.1. The maximum Gasteiger partial charge on any atom is 0.240 e. The lowest BCUT2D eigenvalue weighted by molar-refractivity contribution is -0.123. The Morgan fingerprint density at radius 2 is 1.50 bits per heavy atom. The number of nitrogens with zero attached hydrogens (tertiary/aromatic N) is 2. The van der Waals surface area contributed by atoms with Crippen LogP contribution in [0.4, 0.5) is 5.69 Å². The Kier molecular flexibility index (Phi) is 5.67. The summed E-state index contributed by atoms with van der Waals surface area (Å²) in [4.78, 5) is 45.2. The fourth-order valence-electron chi connectivity index (χ4n) is 6.00. The zero-order valence-corrected chi connectivity index (χ0v) is 21.2. The molecule has 8 heteroatoms. The molecule has 0 aliphatic carbocycles. The summed E-state index contributed by atoms with van der Waals surface area (Å²) < 4.78 is 16.0. The van der Waals surface area contributed by atoms with E-state index in [9.17, 15) is 14.4 Å². The molecule has 6 rings (SSSR count). The van der Waals surface area contributed by atoms with Crippen molar-refractivity contribution in [2.24, 2.45) is 11.8 Å². The lowest BCUT2D eigenvalue weighted by Crippen LogP contribution is -2.44. The highest BCUT2D eigenvalue weighted by atomic mass is 16.5. The van der Waals surface area contributed by atoms with Crippen molar-refractivity contribution in [3.05, 3.63) is 89.6 Å². The summed E-state index contributed by atoms with van der Waals surface area (Å²) in [5.74, 6) is -1.00. The monoisotopic (exact) mass is 510 g/mol. The zero-order valence-electron chi connectivity index (χ0n) is 21.2. The predicted molar refractivity (Wildman–Crippen MR) is 140 cm³/mol. The summed E-state index contributed by atoms with van der Waals surface area (Å²) in [6.45, 7) is 0. The number of rotatable bonds is 6. The molecule has 3 aromatic rings.